The Kier molecular flexibility index (Phi) is 4.59. The second kappa shape index (κ2) is 5.53. The van der Waals surface area contributed by atoms with E-state index in [1.807, 2.05) is 42.0 Å². The van der Waals surface area contributed by atoms with Crippen molar-refractivity contribution in [3.05, 3.63) is 50.7 Å². The van der Waals surface area contributed by atoms with Crippen LogP contribution in [0.4, 0.5) is 0 Å². The lowest BCUT2D eigenvalue weighted by atomic mass is 10.3. The van der Waals surface area contributed by atoms with Crippen LogP contribution in [0.2, 0.25) is 4.34 Å². The largest absolute Gasteiger partial charge is 0.328 e. The Morgan fingerprint density at radius 3 is 2.69 bits per heavy atom. The van der Waals surface area contributed by atoms with Crippen molar-refractivity contribution in [2.24, 2.45) is 0 Å². The quantitative estimate of drug-likeness (QED) is 0.869. The van der Waals surface area contributed by atoms with Gasteiger partial charge in [0.1, 0.15) is 5.49 Å². The predicted octanol–water partition coefficient (Wildman–Crippen LogP) is 3.46. The van der Waals surface area contributed by atoms with Crippen molar-refractivity contribution in [2.45, 2.75) is 13.5 Å². The van der Waals surface area contributed by atoms with Crippen LogP contribution in [0.1, 0.15) is 10.4 Å². The Balaban J connectivity index is 0.00000128. The third-order valence-electron chi connectivity index (χ3n) is 2.13. The molecule has 0 amide bonds. The van der Waals surface area contributed by atoms with E-state index in [2.05, 4.69) is 0 Å². The second-order valence-electron chi connectivity index (χ2n) is 3.43. The van der Waals surface area contributed by atoms with E-state index in [9.17, 15) is 0 Å². The van der Waals surface area contributed by atoms with Crippen molar-refractivity contribution in [3.63, 3.8) is 0 Å². The molecule has 0 unspecified atom stereocenters. The fraction of sp³-hybridized carbons (Fsp3) is 0.182. The first-order valence-corrected chi connectivity index (χ1v) is 5.80. The first kappa shape index (κ1) is 13.3. The van der Waals surface area contributed by atoms with E-state index >= 15 is 0 Å². The molecule has 0 radical (unpaired) electrons. The molecule has 0 aliphatic heterocycles. The highest BCUT2D eigenvalue weighted by Crippen LogP contribution is 2.21. The highest BCUT2D eigenvalue weighted by atomic mass is 35.5. The molecule has 0 spiro atoms. The van der Waals surface area contributed by atoms with E-state index in [1.165, 1.54) is 4.88 Å². The molecule has 0 bridgehead atoms. The molecule has 2 aromatic heterocycles. The Labute approximate surface area is 109 Å². The molecule has 0 aliphatic carbocycles. The van der Waals surface area contributed by atoms with Crippen molar-refractivity contribution in [3.8, 4) is 0 Å². The molecule has 16 heavy (non-hydrogen) atoms. The number of hydrogen-bond donors (Lipinski definition) is 1. The van der Waals surface area contributed by atoms with Gasteiger partial charge >= 0.3 is 0 Å². The summed E-state index contributed by atoms with van der Waals surface area (Å²) >= 11 is 7.42. The van der Waals surface area contributed by atoms with E-state index in [4.69, 9.17) is 17.0 Å². The van der Waals surface area contributed by atoms with Crippen LogP contribution >= 0.6 is 35.3 Å². The third-order valence-corrected chi connectivity index (χ3v) is 3.34. The van der Waals surface area contributed by atoms with Gasteiger partial charge in [-0.3, -0.25) is 5.41 Å². The molecule has 0 atom stereocenters. The van der Waals surface area contributed by atoms with Gasteiger partial charge in [-0.25, -0.2) is 0 Å². The molecule has 2 rings (SSSR count). The van der Waals surface area contributed by atoms with Gasteiger partial charge in [-0.15, -0.1) is 23.7 Å². The Bertz CT molecular complexity index is 531. The molecule has 2 heterocycles. The van der Waals surface area contributed by atoms with Crippen LogP contribution in [0.3, 0.4) is 0 Å². The molecular weight excluding hydrogens is 263 g/mol. The van der Waals surface area contributed by atoms with Crippen molar-refractivity contribution >= 4 is 35.3 Å². The summed E-state index contributed by atoms with van der Waals surface area (Å²) in [5, 5.41) is 7.76. The molecule has 0 fully saturated rings. The molecular formula is C11H12Cl2N2S. The topological polar surface area (TPSA) is 28.8 Å². The second-order valence-corrected chi connectivity index (χ2v) is 5.23. The van der Waals surface area contributed by atoms with Gasteiger partial charge in [-0.1, -0.05) is 17.7 Å². The summed E-state index contributed by atoms with van der Waals surface area (Å²) in [6.45, 7) is 2.75. The van der Waals surface area contributed by atoms with Crippen LogP contribution in [0.25, 0.3) is 0 Å². The fourth-order valence-electron chi connectivity index (χ4n) is 1.40. The number of pyridine rings is 1. The maximum absolute atomic E-state index is 7.76. The van der Waals surface area contributed by atoms with E-state index < -0.39 is 0 Å². The van der Waals surface area contributed by atoms with Gasteiger partial charge in [0.15, 0.2) is 0 Å². The standard InChI is InChI=1S/C11H11ClN2S.ClH/c1-8-2-5-11(13)14(6-8)7-9-3-4-10(12)15-9;/h2-6,13H,7H2,1H3;1H. The molecule has 2 nitrogen and oxygen atoms in total. The van der Waals surface area contributed by atoms with Gasteiger partial charge < -0.3 is 4.57 Å². The zero-order valence-corrected chi connectivity index (χ0v) is 11.1. The number of aromatic nitrogens is 1. The number of rotatable bonds is 2. The molecule has 0 saturated heterocycles. The zero-order chi connectivity index (χ0) is 10.8. The lowest BCUT2D eigenvalue weighted by Gasteiger charge is -2.05. The average Bonchev–Trinajstić information content (AvgIpc) is 2.58. The first-order valence-electron chi connectivity index (χ1n) is 4.61. The Hall–Kier alpha value is -0.770. The highest BCUT2D eigenvalue weighted by molar-refractivity contribution is 7.16. The third kappa shape index (κ3) is 3.11. The SMILES string of the molecule is Cc1ccc(=N)n(Cc2ccc(Cl)s2)c1.Cl. The molecule has 86 valence electrons. The van der Waals surface area contributed by atoms with Crippen LogP contribution in [0.15, 0.2) is 30.5 Å². The van der Waals surface area contributed by atoms with Crippen LogP contribution in [-0.2, 0) is 6.54 Å². The van der Waals surface area contributed by atoms with Gasteiger partial charge in [-0.2, -0.15) is 0 Å². The van der Waals surface area contributed by atoms with Gasteiger partial charge in [0, 0.05) is 11.1 Å². The summed E-state index contributed by atoms with van der Waals surface area (Å²) in [5.41, 5.74) is 1.68. The number of nitrogens with one attached hydrogen (secondary N) is 1. The van der Waals surface area contributed by atoms with Crippen molar-refractivity contribution in [2.75, 3.05) is 0 Å². The Morgan fingerprint density at radius 1 is 1.31 bits per heavy atom. The highest BCUT2D eigenvalue weighted by Gasteiger charge is 1.99. The molecule has 0 aliphatic rings. The summed E-state index contributed by atoms with van der Waals surface area (Å²) in [5.74, 6) is 0. The Morgan fingerprint density at radius 2 is 2.06 bits per heavy atom. The number of halogens is 2. The minimum Gasteiger partial charge on any atom is -0.328 e. The number of hydrogen-bond acceptors (Lipinski definition) is 2. The molecule has 0 aromatic carbocycles. The molecule has 1 N–H and O–H groups in total. The summed E-state index contributed by atoms with van der Waals surface area (Å²) < 4.78 is 2.71. The zero-order valence-electron chi connectivity index (χ0n) is 8.74. The lowest BCUT2D eigenvalue weighted by Crippen LogP contribution is -2.18. The molecule has 5 heteroatoms. The maximum Gasteiger partial charge on any atom is 0.124 e. The fourth-order valence-corrected chi connectivity index (χ4v) is 2.49. The van der Waals surface area contributed by atoms with E-state index in [1.54, 1.807) is 11.3 Å². The van der Waals surface area contributed by atoms with Gasteiger partial charge in [0.2, 0.25) is 0 Å². The first-order chi connectivity index (χ1) is 7.15. The molecule has 2 aromatic rings. The minimum absolute atomic E-state index is 0. The lowest BCUT2D eigenvalue weighted by molar-refractivity contribution is 0.735. The summed E-state index contributed by atoms with van der Waals surface area (Å²) in [6, 6.07) is 7.65. The minimum atomic E-state index is 0. The van der Waals surface area contributed by atoms with Gasteiger partial charge in [0.25, 0.3) is 0 Å². The number of thiophene rings is 1. The monoisotopic (exact) mass is 274 g/mol. The smallest absolute Gasteiger partial charge is 0.124 e. The van der Waals surface area contributed by atoms with Crippen LogP contribution < -0.4 is 5.49 Å². The van der Waals surface area contributed by atoms with Crippen molar-refractivity contribution in [1.82, 2.24) is 4.57 Å². The van der Waals surface area contributed by atoms with Gasteiger partial charge in [-0.05, 0) is 30.7 Å². The predicted molar refractivity (Wildman–Crippen MR) is 70.7 cm³/mol. The average molecular weight is 275 g/mol. The van der Waals surface area contributed by atoms with Crippen molar-refractivity contribution in [1.29, 1.82) is 5.41 Å². The van der Waals surface area contributed by atoms with E-state index in [-0.39, 0.29) is 12.4 Å². The van der Waals surface area contributed by atoms with E-state index in [0.717, 1.165) is 16.4 Å². The summed E-state index contributed by atoms with van der Waals surface area (Å²) in [4.78, 5) is 1.17. The maximum atomic E-state index is 7.76. The summed E-state index contributed by atoms with van der Waals surface area (Å²) in [6.07, 6.45) is 1.98. The van der Waals surface area contributed by atoms with E-state index in [0.29, 0.717) is 5.49 Å². The number of aryl methyl sites for hydroxylation is 1. The van der Waals surface area contributed by atoms with Crippen LogP contribution in [0, 0.1) is 12.3 Å². The van der Waals surface area contributed by atoms with Gasteiger partial charge in [0.05, 0.1) is 10.9 Å². The van der Waals surface area contributed by atoms with Crippen LogP contribution in [0.5, 0.6) is 0 Å². The normalized spacial score (nSPS) is 9.88. The van der Waals surface area contributed by atoms with Crippen molar-refractivity contribution < 1.29 is 0 Å². The molecule has 0 saturated carbocycles. The summed E-state index contributed by atoms with van der Waals surface area (Å²) in [7, 11) is 0. The number of nitrogens with zero attached hydrogens (tertiary/aromatic N) is 1. The van der Waals surface area contributed by atoms with Crippen LogP contribution in [-0.4, -0.2) is 4.57 Å².